The highest BCUT2D eigenvalue weighted by atomic mass is 79.9. The van der Waals surface area contributed by atoms with E-state index in [4.69, 9.17) is 5.73 Å². The molecule has 3 N–H and O–H groups in total. The number of benzene rings is 1. The number of hydrogen-bond donors (Lipinski definition) is 2. The lowest BCUT2D eigenvalue weighted by molar-refractivity contribution is 0.0939. The molecule has 2 rings (SSSR count). The molecule has 0 saturated heterocycles. The summed E-state index contributed by atoms with van der Waals surface area (Å²) in [7, 11) is 0. The van der Waals surface area contributed by atoms with Gasteiger partial charge in [-0.2, -0.15) is 0 Å². The number of nitrogens with zero attached hydrogens (tertiary/aromatic N) is 1. The van der Waals surface area contributed by atoms with E-state index in [0.29, 0.717) is 17.8 Å². The van der Waals surface area contributed by atoms with E-state index in [2.05, 4.69) is 26.2 Å². The average molecular weight is 334 g/mol. The molecule has 1 atom stereocenters. The minimum atomic E-state index is -0.127. The largest absolute Gasteiger partial charge is 0.346 e. The average Bonchev–Trinajstić information content (AvgIpc) is 2.47. The standard InChI is InChI=1S/C15H16BrN3O/c1-10(11-2-4-13(16)5-3-11)19-15(20)12-6-7-18-14(8-12)9-17/h2-8,10H,9,17H2,1H3,(H,19,20)/t10-/m1/s1. The molecule has 0 saturated carbocycles. The van der Waals surface area contributed by atoms with Crippen LogP contribution in [0.2, 0.25) is 0 Å². The van der Waals surface area contributed by atoms with Crippen LogP contribution in [0.5, 0.6) is 0 Å². The number of pyridine rings is 1. The normalized spacial score (nSPS) is 11.9. The smallest absolute Gasteiger partial charge is 0.251 e. The molecule has 0 aliphatic heterocycles. The molecule has 0 fully saturated rings. The highest BCUT2D eigenvalue weighted by Gasteiger charge is 2.11. The second-order valence-corrected chi connectivity index (χ2v) is 5.40. The van der Waals surface area contributed by atoms with E-state index >= 15 is 0 Å². The highest BCUT2D eigenvalue weighted by Crippen LogP contribution is 2.17. The van der Waals surface area contributed by atoms with Crippen LogP contribution in [0.4, 0.5) is 0 Å². The van der Waals surface area contributed by atoms with Gasteiger partial charge in [0.2, 0.25) is 0 Å². The van der Waals surface area contributed by atoms with Crippen molar-refractivity contribution in [1.82, 2.24) is 10.3 Å². The molecule has 20 heavy (non-hydrogen) atoms. The fourth-order valence-corrected chi connectivity index (χ4v) is 2.11. The number of carbonyl (C=O) groups excluding carboxylic acids is 1. The first kappa shape index (κ1) is 14.7. The maximum atomic E-state index is 12.2. The van der Waals surface area contributed by atoms with Gasteiger partial charge in [0.25, 0.3) is 5.91 Å². The monoisotopic (exact) mass is 333 g/mol. The molecule has 0 radical (unpaired) electrons. The zero-order valence-corrected chi connectivity index (χ0v) is 12.7. The Morgan fingerprint density at radius 3 is 2.70 bits per heavy atom. The summed E-state index contributed by atoms with van der Waals surface area (Å²) in [6, 6.07) is 11.2. The second-order valence-electron chi connectivity index (χ2n) is 4.49. The first-order valence-electron chi connectivity index (χ1n) is 6.31. The Bertz CT molecular complexity index is 598. The van der Waals surface area contributed by atoms with Gasteiger partial charge in [-0.15, -0.1) is 0 Å². The van der Waals surface area contributed by atoms with Gasteiger partial charge >= 0.3 is 0 Å². The molecule has 104 valence electrons. The highest BCUT2D eigenvalue weighted by molar-refractivity contribution is 9.10. The summed E-state index contributed by atoms with van der Waals surface area (Å²) in [6.07, 6.45) is 1.60. The Kier molecular flexibility index (Phi) is 4.87. The number of nitrogens with two attached hydrogens (primary N) is 1. The second kappa shape index (κ2) is 6.63. The Morgan fingerprint density at radius 2 is 2.05 bits per heavy atom. The van der Waals surface area contributed by atoms with E-state index in [0.717, 1.165) is 10.0 Å². The Morgan fingerprint density at radius 1 is 1.35 bits per heavy atom. The van der Waals surface area contributed by atoms with Gasteiger partial charge < -0.3 is 11.1 Å². The number of aromatic nitrogens is 1. The van der Waals surface area contributed by atoms with Crippen LogP contribution in [0.3, 0.4) is 0 Å². The Labute approximate surface area is 126 Å². The van der Waals surface area contributed by atoms with Crippen molar-refractivity contribution in [2.75, 3.05) is 0 Å². The zero-order chi connectivity index (χ0) is 14.5. The SMILES string of the molecule is C[C@@H](NC(=O)c1ccnc(CN)c1)c1ccc(Br)cc1. The van der Waals surface area contributed by atoms with Crippen LogP contribution in [0, 0.1) is 0 Å². The van der Waals surface area contributed by atoms with Gasteiger partial charge in [-0.25, -0.2) is 0 Å². The van der Waals surface area contributed by atoms with E-state index in [1.165, 1.54) is 0 Å². The maximum Gasteiger partial charge on any atom is 0.251 e. The zero-order valence-electron chi connectivity index (χ0n) is 11.1. The fraction of sp³-hybridized carbons (Fsp3) is 0.200. The number of hydrogen-bond acceptors (Lipinski definition) is 3. The third kappa shape index (κ3) is 3.65. The van der Waals surface area contributed by atoms with Gasteiger partial charge in [-0.1, -0.05) is 28.1 Å². The van der Waals surface area contributed by atoms with Crippen molar-refractivity contribution < 1.29 is 4.79 Å². The molecule has 4 nitrogen and oxygen atoms in total. The Balaban J connectivity index is 2.08. The summed E-state index contributed by atoms with van der Waals surface area (Å²) < 4.78 is 1.02. The van der Waals surface area contributed by atoms with E-state index < -0.39 is 0 Å². The topological polar surface area (TPSA) is 68.0 Å². The number of halogens is 1. The van der Waals surface area contributed by atoms with Gasteiger partial charge in [-0.3, -0.25) is 9.78 Å². The lowest BCUT2D eigenvalue weighted by Gasteiger charge is -2.14. The van der Waals surface area contributed by atoms with E-state index in [-0.39, 0.29) is 11.9 Å². The summed E-state index contributed by atoms with van der Waals surface area (Å²) in [4.78, 5) is 16.3. The van der Waals surface area contributed by atoms with E-state index in [9.17, 15) is 4.79 Å². The van der Waals surface area contributed by atoms with Crippen LogP contribution < -0.4 is 11.1 Å². The summed E-state index contributed by atoms with van der Waals surface area (Å²) in [6.45, 7) is 2.27. The van der Waals surface area contributed by atoms with Crippen LogP contribution in [0.15, 0.2) is 47.1 Å². The summed E-state index contributed by atoms with van der Waals surface area (Å²) >= 11 is 3.39. The number of amides is 1. The van der Waals surface area contributed by atoms with Gasteiger partial charge in [0, 0.05) is 22.8 Å². The minimum absolute atomic E-state index is 0.0647. The predicted octanol–water partition coefficient (Wildman–Crippen LogP) is 2.79. The van der Waals surface area contributed by atoms with Crippen molar-refractivity contribution in [3.63, 3.8) is 0 Å². The first-order valence-corrected chi connectivity index (χ1v) is 7.11. The third-order valence-electron chi connectivity index (χ3n) is 3.01. The molecule has 0 aliphatic rings. The summed E-state index contributed by atoms with van der Waals surface area (Å²) in [5, 5.41) is 2.96. The first-order chi connectivity index (χ1) is 9.60. The molecule has 0 unspecified atom stereocenters. The van der Waals surface area contributed by atoms with Gasteiger partial charge in [0.15, 0.2) is 0 Å². The number of nitrogens with one attached hydrogen (secondary N) is 1. The molecule has 0 spiro atoms. The lowest BCUT2D eigenvalue weighted by Crippen LogP contribution is -2.26. The maximum absolute atomic E-state index is 12.2. The third-order valence-corrected chi connectivity index (χ3v) is 3.53. The number of rotatable bonds is 4. The molecule has 0 bridgehead atoms. The van der Waals surface area contributed by atoms with Gasteiger partial charge in [0.1, 0.15) is 0 Å². The summed E-state index contributed by atoms with van der Waals surface area (Å²) in [5.74, 6) is -0.127. The fourth-order valence-electron chi connectivity index (χ4n) is 1.85. The van der Waals surface area contributed by atoms with Crippen LogP contribution in [0.1, 0.15) is 34.6 Å². The van der Waals surface area contributed by atoms with Gasteiger partial charge in [-0.05, 0) is 36.8 Å². The molecular weight excluding hydrogens is 318 g/mol. The molecule has 1 heterocycles. The lowest BCUT2D eigenvalue weighted by atomic mass is 10.1. The Hall–Kier alpha value is -1.72. The molecular formula is C15H16BrN3O. The van der Waals surface area contributed by atoms with Crippen molar-refractivity contribution in [1.29, 1.82) is 0 Å². The van der Waals surface area contributed by atoms with Gasteiger partial charge in [0.05, 0.1) is 11.7 Å². The van der Waals surface area contributed by atoms with Crippen LogP contribution in [-0.4, -0.2) is 10.9 Å². The van der Waals surface area contributed by atoms with Crippen LogP contribution in [-0.2, 0) is 6.54 Å². The molecule has 2 aromatic rings. The number of carbonyl (C=O) groups is 1. The van der Waals surface area contributed by atoms with Crippen molar-refractivity contribution in [2.45, 2.75) is 19.5 Å². The molecule has 1 aromatic carbocycles. The van der Waals surface area contributed by atoms with E-state index in [1.54, 1.807) is 18.3 Å². The molecule has 1 aromatic heterocycles. The van der Waals surface area contributed by atoms with Crippen molar-refractivity contribution in [3.8, 4) is 0 Å². The quantitative estimate of drug-likeness (QED) is 0.903. The minimum Gasteiger partial charge on any atom is -0.346 e. The molecule has 1 amide bonds. The van der Waals surface area contributed by atoms with Crippen LogP contribution in [0.25, 0.3) is 0 Å². The molecule has 0 aliphatic carbocycles. The van der Waals surface area contributed by atoms with Crippen molar-refractivity contribution >= 4 is 21.8 Å². The summed E-state index contributed by atoms with van der Waals surface area (Å²) in [5.41, 5.74) is 7.85. The predicted molar refractivity (Wildman–Crippen MR) is 82.2 cm³/mol. The van der Waals surface area contributed by atoms with Crippen LogP contribution >= 0.6 is 15.9 Å². The van der Waals surface area contributed by atoms with Crippen molar-refractivity contribution in [2.24, 2.45) is 5.73 Å². The van der Waals surface area contributed by atoms with E-state index in [1.807, 2.05) is 31.2 Å². The van der Waals surface area contributed by atoms with Crippen molar-refractivity contribution in [3.05, 3.63) is 63.9 Å². The molecule has 5 heteroatoms.